The molecule has 134 valence electrons. The van der Waals surface area contributed by atoms with Crippen LogP contribution in [0.4, 0.5) is 0 Å². The van der Waals surface area contributed by atoms with Gasteiger partial charge in [-0.2, -0.15) is 0 Å². The molecule has 2 heterocycles. The highest BCUT2D eigenvalue weighted by atomic mass is 32.1. The third-order valence-corrected chi connectivity index (χ3v) is 5.80. The summed E-state index contributed by atoms with van der Waals surface area (Å²) in [4.78, 5) is 17.3. The van der Waals surface area contributed by atoms with Crippen molar-refractivity contribution in [3.05, 3.63) is 93.5 Å². The normalized spacial score (nSPS) is 11.0. The molecule has 0 bridgehead atoms. The van der Waals surface area contributed by atoms with Gasteiger partial charge < -0.3 is 4.57 Å². The first kappa shape index (κ1) is 17.6. The van der Waals surface area contributed by atoms with Gasteiger partial charge in [0, 0.05) is 6.54 Å². The van der Waals surface area contributed by atoms with Crippen LogP contribution in [-0.2, 0) is 13.1 Å². The first-order valence-electron chi connectivity index (χ1n) is 8.51. The molecule has 4 nitrogen and oxygen atoms in total. The van der Waals surface area contributed by atoms with E-state index in [1.807, 2.05) is 34.9 Å². The fraction of sp³-hybridized carbons (Fsp3) is 0.0952. The lowest BCUT2D eigenvalue weighted by Gasteiger charge is -2.07. The van der Waals surface area contributed by atoms with Crippen molar-refractivity contribution in [1.29, 1.82) is 0 Å². The maximum absolute atomic E-state index is 12.8. The van der Waals surface area contributed by atoms with Crippen LogP contribution in [0, 0.1) is 3.95 Å². The van der Waals surface area contributed by atoms with Crippen LogP contribution in [0.2, 0.25) is 0 Å². The Bertz CT molecular complexity index is 1220. The molecule has 27 heavy (non-hydrogen) atoms. The van der Waals surface area contributed by atoms with Crippen molar-refractivity contribution in [3.63, 3.8) is 0 Å². The lowest BCUT2D eigenvalue weighted by atomic mass is 10.0. The minimum absolute atomic E-state index is 0.0638. The second kappa shape index (κ2) is 7.42. The largest absolute Gasteiger partial charge is 0.304 e. The first-order valence-corrected chi connectivity index (χ1v) is 9.74. The van der Waals surface area contributed by atoms with Gasteiger partial charge in [-0.05, 0) is 28.9 Å². The summed E-state index contributed by atoms with van der Waals surface area (Å²) in [5, 5.41) is 0. The molecule has 4 rings (SSSR count). The summed E-state index contributed by atoms with van der Waals surface area (Å²) in [6.45, 7) is 4.76. The van der Waals surface area contributed by atoms with Crippen LogP contribution in [0.5, 0.6) is 0 Å². The Morgan fingerprint density at radius 2 is 1.78 bits per heavy atom. The van der Waals surface area contributed by atoms with Gasteiger partial charge in [-0.25, -0.2) is 4.98 Å². The predicted molar refractivity (Wildman–Crippen MR) is 114 cm³/mol. The molecule has 4 aromatic rings. The fourth-order valence-electron chi connectivity index (χ4n) is 3.00. The predicted octanol–water partition coefficient (Wildman–Crippen LogP) is 4.89. The first-order chi connectivity index (χ1) is 13.2. The molecule has 0 amide bonds. The highest BCUT2D eigenvalue weighted by molar-refractivity contribution is 7.73. The summed E-state index contributed by atoms with van der Waals surface area (Å²) in [5.74, 6) is 0. The molecule has 0 fully saturated rings. The molecular formula is C21H17N3OS2. The maximum Gasteiger partial charge on any atom is 0.273 e. The summed E-state index contributed by atoms with van der Waals surface area (Å²) in [6.07, 6.45) is 3.35. The van der Waals surface area contributed by atoms with Crippen LogP contribution in [0.1, 0.15) is 5.56 Å². The van der Waals surface area contributed by atoms with Gasteiger partial charge in [-0.1, -0.05) is 72.0 Å². The van der Waals surface area contributed by atoms with E-state index >= 15 is 0 Å². The smallest absolute Gasteiger partial charge is 0.273 e. The fourth-order valence-corrected chi connectivity index (χ4v) is 4.32. The molecule has 0 aliphatic heterocycles. The van der Waals surface area contributed by atoms with Crippen molar-refractivity contribution >= 4 is 33.9 Å². The monoisotopic (exact) mass is 391 g/mol. The zero-order chi connectivity index (χ0) is 18.8. The average Bonchev–Trinajstić information content (AvgIpc) is 3.02. The molecule has 0 saturated carbocycles. The Balaban J connectivity index is 1.66. The number of hydrogen-bond acceptors (Lipinski definition) is 4. The van der Waals surface area contributed by atoms with E-state index in [4.69, 9.17) is 12.2 Å². The SMILES string of the molecule is C=CCn1c(=S)sc2c(=O)n(Cc3ccc(-c4ccccc4)cc3)cnc21. The molecule has 0 saturated heterocycles. The van der Waals surface area contributed by atoms with E-state index in [9.17, 15) is 4.79 Å². The van der Waals surface area contributed by atoms with Gasteiger partial charge in [0.15, 0.2) is 9.60 Å². The summed E-state index contributed by atoms with van der Waals surface area (Å²) in [5.41, 5.74) is 3.94. The van der Waals surface area contributed by atoms with Crippen molar-refractivity contribution in [2.75, 3.05) is 0 Å². The van der Waals surface area contributed by atoms with Gasteiger partial charge in [0.2, 0.25) is 0 Å². The average molecular weight is 392 g/mol. The molecule has 2 aromatic carbocycles. The van der Waals surface area contributed by atoms with Crippen LogP contribution in [0.3, 0.4) is 0 Å². The Morgan fingerprint density at radius 1 is 1.07 bits per heavy atom. The number of allylic oxidation sites excluding steroid dienone is 1. The van der Waals surface area contributed by atoms with E-state index in [1.54, 1.807) is 17.0 Å². The van der Waals surface area contributed by atoms with Gasteiger partial charge in [0.25, 0.3) is 5.56 Å². The minimum Gasteiger partial charge on any atom is -0.304 e. The molecule has 2 aromatic heterocycles. The number of hydrogen-bond donors (Lipinski definition) is 0. The molecule has 0 atom stereocenters. The third kappa shape index (κ3) is 3.41. The van der Waals surface area contributed by atoms with E-state index < -0.39 is 0 Å². The van der Waals surface area contributed by atoms with Crippen LogP contribution >= 0.6 is 23.6 Å². The maximum atomic E-state index is 12.8. The van der Waals surface area contributed by atoms with E-state index in [1.165, 1.54) is 16.9 Å². The summed E-state index contributed by atoms with van der Waals surface area (Å²) in [6, 6.07) is 18.5. The summed E-state index contributed by atoms with van der Waals surface area (Å²) < 4.78 is 4.69. The van der Waals surface area contributed by atoms with Gasteiger partial charge >= 0.3 is 0 Å². The molecule has 0 N–H and O–H groups in total. The number of thiazole rings is 1. The van der Waals surface area contributed by atoms with E-state index in [2.05, 4.69) is 35.8 Å². The lowest BCUT2D eigenvalue weighted by Crippen LogP contribution is -2.20. The van der Waals surface area contributed by atoms with Crippen molar-refractivity contribution in [2.24, 2.45) is 0 Å². The third-order valence-electron chi connectivity index (χ3n) is 4.37. The summed E-state index contributed by atoms with van der Waals surface area (Å²) >= 11 is 6.66. The zero-order valence-corrected chi connectivity index (χ0v) is 16.2. The number of benzene rings is 2. The van der Waals surface area contributed by atoms with Crippen molar-refractivity contribution < 1.29 is 0 Å². The van der Waals surface area contributed by atoms with Gasteiger partial charge in [-0.3, -0.25) is 9.36 Å². The Kier molecular flexibility index (Phi) is 4.83. The Morgan fingerprint density at radius 3 is 2.48 bits per heavy atom. The lowest BCUT2D eigenvalue weighted by molar-refractivity contribution is 0.741. The van der Waals surface area contributed by atoms with Crippen molar-refractivity contribution in [1.82, 2.24) is 14.1 Å². The number of rotatable bonds is 5. The van der Waals surface area contributed by atoms with E-state index in [0.29, 0.717) is 27.4 Å². The quantitative estimate of drug-likeness (QED) is 0.359. The molecule has 6 heteroatoms. The van der Waals surface area contributed by atoms with Crippen molar-refractivity contribution in [2.45, 2.75) is 13.1 Å². The van der Waals surface area contributed by atoms with E-state index in [-0.39, 0.29) is 5.56 Å². The molecular weight excluding hydrogens is 374 g/mol. The van der Waals surface area contributed by atoms with Crippen LogP contribution in [0.25, 0.3) is 21.5 Å². The number of fused-ring (bicyclic) bond motifs is 1. The van der Waals surface area contributed by atoms with Crippen LogP contribution < -0.4 is 5.56 Å². The zero-order valence-electron chi connectivity index (χ0n) is 14.5. The number of nitrogens with zero attached hydrogens (tertiary/aromatic N) is 3. The molecule has 0 radical (unpaired) electrons. The second-order valence-electron chi connectivity index (χ2n) is 6.16. The minimum atomic E-state index is -0.0638. The molecule has 0 aliphatic carbocycles. The molecule has 0 unspecified atom stereocenters. The standard InChI is InChI=1S/C21H17N3OS2/c1-2-12-24-19-18(27-21(24)26)20(25)23(14-22-19)13-15-8-10-17(11-9-15)16-6-4-3-5-7-16/h2-11,14H,1,12-13H2. The van der Waals surface area contributed by atoms with Gasteiger partial charge in [-0.15, -0.1) is 6.58 Å². The molecule has 0 aliphatic rings. The summed E-state index contributed by atoms with van der Waals surface area (Å²) in [7, 11) is 0. The van der Waals surface area contributed by atoms with Gasteiger partial charge in [0.1, 0.15) is 11.0 Å². The van der Waals surface area contributed by atoms with Crippen molar-refractivity contribution in [3.8, 4) is 11.1 Å². The van der Waals surface area contributed by atoms with E-state index in [0.717, 1.165) is 11.1 Å². The highest BCUT2D eigenvalue weighted by Crippen LogP contribution is 2.20. The van der Waals surface area contributed by atoms with Crippen LogP contribution in [-0.4, -0.2) is 14.1 Å². The Hall–Kier alpha value is -2.83. The highest BCUT2D eigenvalue weighted by Gasteiger charge is 2.11. The second-order valence-corrected chi connectivity index (χ2v) is 7.80. The Labute approximate surface area is 165 Å². The van der Waals surface area contributed by atoms with Crippen LogP contribution in [0.15, 0.2) is 78.4 Å². The van der Waals surface area contributed by atoms with Gasteiger partial charge in [0.05, 0.1) is 6.54 Å². The number of aromatic nitrogens is 3. The molecule has 0 spiro atoms. The topological polar surface area (TPSA) is 39.8 Å².